The maximum atomic E-state index is 13.0. The van der Waals surface area contributed by atoms with Crippen molar-refractivity contribution in [3.63, 3.8) is 0 Å². The van der Waals surface area contributed by atoms with Gasteiger partial charge in [0.2, 0.25) is 11.8 Å². The Morgan fingerprint density at radius 3 is 2.22 bits per heavy atom. The van der Waals surface area contributed by atoms with Crippen LogP contribution in [0.5, 0.6) is 0 Å². The van der Waals surface area contributed by atoms with Crippen molar-refractivity contribution >= 4 is 11.9 Å². The minimum atomic E-state index is -2.63. The van der Waals surface area contributed by atoms with Gasteiger partial charge < -0.3 is 10.0 Å². The summed E-state index contributed by atoms with van der Waals surface area (Å²) in [6.45, 7) is 0.657. The second-order valence-corrected chi connectivity index (χ2v) is 5.24. The van der Waals surface area contributed by atoms with Crippen LogP contribution in [-0.4, -0.2) is 40.9 Å². The number of carboxylic acid groups (broad SMARTS) is 1. The maximum absolute atomic E-state index is 13.0. The minimum Gasteiger partial charge on any atom is -0.481 e. The summed E-state index contributed by atoms with van der Waals surface area (Å²) < 4.78 is 26.0. The monoisotopic (exact) mass is 261 g/mol. The summed E-state index contributed by atoms with van der Waals surface area (Å²) in [5.41, 5.74) is 0. The van der Waals surface area contributed by atoms with E-state index in [4.69, 9.17) is 5.11 Å². The maximum Gasteiger partial charge on any atom is 0.308 e. The molecule has 0 radical (unpaired) electrons. The molecule has 1 unspecified atom stereocenters. The molecule has 0 bridgehead atoms. The summed E-state index contributed by atoms with van der Waals surface area (Å²) in [6, 6.07) is 0. The van der Waals surface area contributed by atoms with Gasteiger partial charge in [0.1, 0.15) is 0 Å². The highest BCUT2D eigenvalue weighted by molar-refractivity contribution is 5.80. The highest BCUT2D eigenvalue weighted by Crippen LogP contribution is 2.37. The lowest BCUT2D eigenvalue weighted by Gasteiger charge is -2.30. The van der Waals surface area contributed by atoms with E-state index in [0.717, 1.165) is 0 Å². The number of aliphatic carboxylic acids is 1. The van der Waals surface area contributed by atoms with Crippen molar-refractivity contribution in [1.82, 2.24) is 4.90 Å². The molecule has 18 heavy (non-hydrogen) atoms. The van der Waals surface area contributed by atoms with Gasteiger partial charge in [0, 0.05) is 31.8 Å². The smallest absolute Gasteiger partial charge is 0.308 e. The molecule has 1 saturated heterocycles. The van der Waals surface area contributed by atoms with Gasteiger partial charge in [-0.05, 0) is 19.3 Å². The normalized spacial score (nSPS) is 28.3. The summed E-state index contributed by atoms with van der Waals surface area (Å²) in [5, 5.41) is 8.85. The number of rotatable bonds is 2. The van der Waals surface area contributed by atoms with E-state index in [9.17, 15) is 18.4 Å². The van der Waals surface area contributed by atoms with E-state index in [1.54, 1.807) is 0 Å². The quantitative estimate of drug-likeness (QED) is 0.823. The molecular formula is C12H17F2NO3. The van der Waals surface area contributed by atoms with E-state index in [1.165, 1.54) is 4.90 Å². The van der Waals surface area contributed by atoms with Crippen LogP contribution in [0.4, 0.5) is 8.78 Å². The van der Waals surface area contributed by atoms with Crippen LogP contribution in [0.2, 0.25) is 0 Å². The van der Waals surface area contributed by atoms with Crippen molar-refractivity contribution in [3.05, 3.63) is 0 Å². The van der Waals surface area contributed by atoms with Gasteiger partial charge in [0.25, 0.3) is 0 Å². The summed E-state index contributed by atoms with van der Waals surface area (Å²) in [5.74, 6) is -4.52. The van der Waals surface area contributed by atoms with Crippen molar-refractivity contribution in [1.29, 1.82) is 0 Å². The third-order valence-electron chi connectivity index (χ3n) is 3.92. The molecule has 0 spiro atoms. The van der Waals surface area contributed by atoms with Gasteiger partial charge in [-0.3, -0.25) is 9.59 Å². The summed E-state index contributed by atoms with van der Waals surface area (Å²) in [6.07, 6.45) is 0.406. The first-order valence-electron chi connectivity index (χ1n) is 6.28. The zero-order chi connectivity index (χ0) is 13.3. The zero-order valence-corrected chi connectivity index (χ0v) is 10.1. The predicted octanol–water partition coefficient (Wildman–Crippen LogP) is 1.74. The average molecular weight is 261 g/mol. The van der Waals surface area contributed by atoms with Gasteiger partial charge >= 0.3 is 5.97 Å². The number of carbonyl (C=O) groups excluding carboxylic acids is 1. The Morgan fingerprint density at radius 1 is 1.11 bits per heavy atom. The number of hydrogen-bond acceptors (Lipinski definition) is 2. The van der Waals surface area contributed by atoms with Crippen LogP contribution in [0, 0.1) is 11.8 Å². The molecule has 102 valence electrons. The molecule has 1 atom stereocenters. The molecule has 1 aliphatic carbocycles. The van der Waals surface area contributed by atoms with Crippen molar-refractivity contribution in [3.8, 4) is 0 Å². The van der Waals surface area contributed by atoms with Crippen molar-refractivity contribution in [2.45, 2.75) is 38.0 Å². The lowest BCUT2D eigenvalue weighted by Crippen LogP contribution is -2.38. The first-order chi connectivity index (χ1) is 8.39. The van der Waals surface area contributed by atoms with Gasteiger partial charge in [-0.2, -0.15) is 0 Å². The molecule has 1 heterocycles. The molecule has 0 aromatic rings. The zero-order valence-electron chi connectivity index (χ0n) is 10.1. The number of likely N-dealkylation sites (tertiary alicyclic amines) is 1. The Kier molecular flexibility index (Phi) is 3.54. The van der Waals surface area contributed by atoms with E-state index in [-0.39, 0.29) is 44.1 Å². The van der Waals surface area contributed by atoms with E-state index in [1.807, 2.05) is 0 Å². The Morgan fingerprint density at radius 2 is 1.72 bits per heavy atom. The fourth-order valence-corrected chi connectivity index (χ4v) is 2.71. The fourth-order valence-electron chi connectivity index (χ4n) is 2.71. The van der Waals surface area contributed by atoms with Gasteiger partial charge in [-0.25, -0.2) is 8.78 Å². The Bertz CT molecular complexity index is 349. The van der Waals surface area contributed by atoms with Crippen molar-refractivity contribution in [2.75, 3.05) is 13.1 Å². The Balaban J connectivity index is 1.88. The molecule has 1 aliphatic heterocycles. The third-order valence-corrected chi connectivity index (χ3v) is 3.92. The number of carbonyl (C=O) groups is 2. The van der Waals surface area contributed by atoms with Gasteiger partial charge in [-0.1, -0.05) is 0 Å². The molecular weight excluding hydrogens is 244 g/mol. The van der Waals surface area contributed by atoms with Gasteiger partial charge in [-0.15, -0.1) is 0 Å². The molecule has 1 amide bonds. The summed E-state index contributed by atoms with van der Waals surface area (Å²) in [7, 11) is 0. The van der Waals surface area contributed by atoms with Crippen molar-refractivity contribution < 1.29 is 23.5 Å². The predicted molar refractivity (Wildman–Crippen MR) is 59.2 cm³/mol. The van der Waals surface area contributed by atoms with E-state index >= 15 is 0 Å². The van der Waals surface area contributed by atoms with Crippen molar-refractivity contribution in [2.24, 2.45) is 11.8 Å². The topological polar surface area (TPSA) is 57.6 Å². The van der Waals surface area contributed by atoms with Gasteiger partial charge in [0.15, 0.2) is 0 Å². The standard InChI is InChI=1S/C12H17F2NO3/c13-12(14)4-1-8(2-5-12)10(16)15-6-3-9(7-15)11(17)18/h8-9H,1-7H2,(H,17,18). The van der Waals surface area contributed by atoms with E-state index in [0.29, 0.717) is 13.0 Å². The molecule has 2 rings (SSSR count). The first kappa shape index (κ1) is 13.2. The second kappa shape index (κ2) is 4.82. The number of amides is 1. The molecule has 0 aromatic heterocycles. The van der Waals surface area contributed by atoms with E-state index in [2.05, 4.69) is 0 Å². The highest BCUT2D eigenvalue weighted by atomic mass is 19.3. The summed E-state index contributed by atoms with van der Waals surface area (Å²) >= 11 is 0. The molecule has 4 nitrogen and oxygen atoms in total. The average Bonchev–Trinajstić information content (AvgIpc) is 2.77. The van der Waals surface area contributed by atoms with Gasteiger partial charge in [0.05, 0.1) is 5.92 Å². The van der Waals surface area contributed by atoms with Crippen LogP contribution >= 0.6 is 0 Å². The highest BCUT2D eigenvalue weighted by Gasteiger charge is 2.40. The molecule has 1 saturated carbocycles. The lowest BCUT2D eigenvalue weighted by molar-refractivity contribution is -0.142. The number of halogens is 2. The first-order valence-corrected chi connectivity index (χ1v) is 6.28. The Labute approximate surface area is 104 Å². The molecule has 2 aliphatic rings. The largest absolute Gasteiger partial charge is 0.481 e. The van der Waals surface area contributed by atoms with Crippen LogP contribution in [-0.2, 0) is 9.59 Å². The summed E-state index contributed by atoms with van der Waals surface area (Å²) in [4.78, 5) is 24.4. The van der Waals surface area contributed by atoms with Crippen LogP contribution in [0.15, 0.2) is 0 Å². The minimum absolute atomic E-state index is 0.144. The molecule has 2 fully saturated rings. The SMILES string of the molecule is O=C(O)C1CCN(C(=O)C2CCC(F)(F)CC2)C1. The second-order valence-electron chi connectivity index (χ2n) is 5.24. The van der Waals surface area contributed by atoms with Crippen LogP contribution in [0.25, 0.3) is 0 Å². The molecule has 1 N–H and O–H groups in total. The number of carboxylic acids is 1. The van der Waals surface area contributed by atoms with Crippen LogP contribution < -0.4 is 0 Å². The third kappa shape index (κ3) is 2.79. The van der Waals surface area contributed by atoms with Crippen LogP contribution in [0.1, 0.15) is 32.1 Å². The lowest BCUT2D eigenvalue weighted by atomic mass is 9.86. The molecule has 0 aromatic carbocycles. The van der Waals surface area contributed by atoms with E-state index < -0.39 is 17.8 Å². The number of nitrogens with zero attached hydrogens (tertiary/aromatic N) is 1. The molecule has 6 heteroatoms. The number of hydrogen-bond donors (Lipinski definition) is 1. The Hall–Kier alpha value is -1.20. The van der Waals surface area contributed by atoms with Crippen LogP contribution in [0.3, 0.4) is 0 Å². The fraction of sp³-hybridized carbons (Fsp3) is 0.833. The number of alkyl halides is 2.